The fourth-order valence-electron chi connectivity index (χ4n) is 4.15. The molecule has 0 fully saturated rings. The smallest absolute Gasteiger partial charge is 0.264 e. The highest BCUT2D eigenvalue weighted by Gasteiger charge is 2.33. The monoisotopic (exact) mass is 569 g/mol. The zero-order valence-electron chi connectivity index (χ0n) is 22.9. The van der Waals surface area contributed by atoms with E-state index in [1.807, 2.05) is 26.0 Å². The first-order valence-corrected chi connectivity index (χ1v) is 14.8. The fraction of sp³-hybridized carbons (Fsp3) is 0.333. The van der Waals surface area contributed by atoms with E-state index in [0.29, 0.717) is 28.4 Å². The number of benzene rings is 3. The average molecular weight is 570 g/mol. The molecule has 0 spiro atoms. The molecule has 0 aliphatic heterocycles. The molecule has 0 bridgehead atoms. The number of carbonyl (C=O) groups is 2. The molecular formula is C30H36ClN3O4S. The van der Waals surface area contributed by atoms with Gasteiger partial charge in [0.05, 0.1) is 10.6 Å². The summed E-state index contributed by atoms with van der Waals surface area (Å²) in [6.07, 6.45) is 1.73. The number of nitrogens with one attached hydrogen (secondary N) is 1. The van der Waals surface area contributed by atoms with Gasteiger partial charge in [0.2, 0.25) is 11.8 Å². The molecule has 0 radical (unpaired) electrons. The summed E-state index contributed by atoms with van der Waals surface area (Å²) in [6.45, 7) is 7.39. The van der Waals surface area contributed by atoms with E-state index in [1.54, 1.807) is 62.4 Å². The lowest BCUT2D eigenvalue weighted by molar-refractivity contribution is -0.139. The molecule has 208 valence electrons. The zero-order valence-corrected chi connectivity index (χ0v) is 24.4. The maximum absolute atomic E-state index is 14.0. The quantitative estimate of drug-likeness (QED) is 0.292. The van der Waals surface area contributed by atoms with Crippen LogP contribution in [0, 0.1) is 13.8 Å². The molecule has 3 aromatic rings. The molecule has 0 heterocycles. The van der Waals surface area contributed by atoms with E-state index in [4.69, 9.17) is 11.6 Å². The Morgan fingerprint density at radius 2 is 1.64 bits per heavy atom. The van der Waals surface area contributed by atoms with Crippen LogP contribution in [0.25, 0.3) is 0 Å². The van der Waals surface area contributed by atoms with Gasteiger partial charge in [0.15, 0.2) is 0 Å². The second-order valence-corrected chi connectivity index (χ2v) is 11.8. The van der Waals surface area contributed by atoms with Crippen LogP contribution in [0.1, 0.15) is 43.4 Å². The minimum Gasteiger partial charge on any atom is -0.354 e. The van der Waals surface area contributed by atoms with Gasteiger partial charge in [-0.3, -0.25) is 13.9 Å². The molecule has 1 N–H and O–H groups in total. The van der Waals surface area contributed by atoms with Crippen LogP contribution < -0.4 is 9.62 Å². The normalized spacial score (nSPS) is 12.0. The van der Waals surface area contributed by atoms with Gasteiger partial charge in [-0.15, -0.1) is 0 Å². The Morgan fingerprint density at radius 1 is 0.974 bits per heavy atom. The van der Waals surface area contributed by atoms with E-state index in [9.17, 15) is 18.0 Å². The van der Waals surface area contributed by atoms with Crippen LogP contribution in [-0.2, 0) is 26.2 Å². The number of sulfonamides is 1. The maximum atomic E-state index is 14.0. The summed E-state index contributed by atoms with van der Waals surface area (Å²) in [7, 11) is -4.11. The van der Waals surface area contributed by atoms with Crippen LogP contribution in [0.4, 0.5) is 5.69 Å². The molecule has 0 saturated carbocycles. The van der Waals surface area contributed by atoms with E-state index in [-0.39, 0.29) is 17.3 Å². The van der Waals surface area contributed by atoms with Gasteiger partial charge in [-0.25, -0.2) is 8.42 Å². The summed E-state index contributed by atoms with van der Waals surface area (Å²) in [5.74, 6) is -0.832. The molecule has 1 atom stereocenters. The highest BCUT2D eigenvalue weighted by molar-refractivity contribution is 7.92. The Hall–Kier alpha value is -3.36. The molecule has 0 aromatic heterocycles. The summed E-state index contributed by atoms with van der Waals surface area (Å²) in [5, 5.41) is 3.33. The summed E-state index contributed by atoms with van der Waals surface area (Å²) in [6, 6.07) is 19.7. The van der Waals surface area contributed by atoms with Crippen molar-refractivity contribution in [2.24, 2.45) is 0 Å². The lowest BCUT2D eigenvalue weighted by Crippen LogP contribution is -2.51. The third kappa shape index (κ3) is 7.61. The van der Waals surface area contributed by atoms with Crippen molar-refractivity contribution in [3.63, 3.8) is 0 Å². The van der Waals surface area contributed by atoms with Gasteiger partial charge in [-0.05, 0) is 68.1 Å². The molecule has 9 heteroatoms. The van der Waals surface area contributed by atoms with Crippen molar-refractivity contribution >= 4 is 39.1 Å². The molecular weight excluding hydrogens is 534 g/mol. The molecule has 7 nitrogen and oxygen atoms in total. The van der Waals surface area contributed by atoms with Gasteiger partial charge in [-0.1, -0.05) is 73.5 Å². The largest absolute Gasteiger partial charge is 0.354 e. The summed E-state index contributed by atoms with van der Waals surface area (Å²) < 4.78 is 28.9. The van der Waals surface area contributed by atoms with Crippen molar-refractivity contribution < 1.29 is 18.0 Å². The van der Waals surface area contributed by atoms with Crippen molar-refractivity contribution in [2.75, 3.05) is 17.4 Å². The van der Waals surface area contributed by atoms with Crippen LogP contribution in [0.5, 0.6) is 0 Å². The van der Waals surface area contributed by atoms with Crippen LogP contribution >= 0.6 is 11.6 Å². The minimum absolute atomic E-state index is 0.0485. The number of aryl methyl sites for hydroxylation is 2. The van der Waals surface area contributed by atoms with Crippen molar-refractivity contribution in [3.05, 3.63) is 94.5 Å². The number of rotatable bonds is 12. The minimum atomic E-state index is -4.11. The lowest BCUT2D eigenvalue weighted by atomic mass is 10.1. The van der Waals surface area contributed by atoms with Gasteiger partial charge in [0, 0.05) is 18.1 Å². The van der Waals surface area contributed by atoms with Gasteiger partial charge in [0.1, 0.15) is 12.6 Å². The molecule has 3 rings (SSSR count). The Labute approximate surface area is 236 Å². The van der Waals surface area contributed by atoms with Crippen LogP contribution in [0.15, 0.2) is 77.7 Å². The van der Waals surface area contributed by atoms with Crippen molar-refractivity contribution in [2.45, 2.75) is 58.0 Å². The summed E-state index contributed by atoms with van der Waals surface area (Å²) >= 11 is 6.41. The van der Waals surface area contributed by atoms with Crippen molar-refractivity contribution in [1.82, 2.24) is 10.2 Å². The molecule has 2 amide bonds. The van der Waals surface area contributed by atoms with E-state index in [2.05, 4.69) is 5.32 Å². The standard InChI is InChI=1S/C30H36ClN3O4S/c1-5-6-18-32-30(36)24(4)33(20-25-12-10-11-15-27(25)31)29(35)21-34(28-19-22(2)16-17-23(28)3)39(37,38)26-13-8-7-9-14-26/h7-17,19,24H,5-6,18,20-21H2,1-4H3,(H,32,36)/t24-/m0/s1. The Kier molecular flexibility index (Phi) is 10.5. The predicted octanol–water partition coefficient (Wildman–Crippen LogP) is 5.49. The second-order valence-electron chi connectivity index (χ2n) is 9.55. The molecule has 0 aliphatic rings. The van der Waals surface area contributed by atoms with Gasteiger partial charge < -0.3 is 10.2 Å². The van der Waals surface area contributed by atoms with E-state index in [0.717, 1.165) is 22.7 Å². The highest BCUT2D eigenvalue weighted by Crippen LogP contribution is 2.29. The summed E-state index contributed by atoms with van der Waals surface area (Å²) in [4.78, 5) is 28.5. The van der Waals surface area contributed by atoms with Gasteiger partial charge in [-0.2, -0.15) is 0 Å². The maximum Gasteiger partial charge on any atom is 0.264 e. The first-order chi connectivity index (χ1) is 18.6. The van der Waals surface area contributed by atoms with E-state index < -0.39 is 28.5 Å². The molecule has 0 saturated heterocycles. The predicted molar refractivity (Wildman–Crippen MR) is 156 cm³/mol. The number of hydrogen-bond acceptors (Lipinski definition) is 4. The number of unbranched alkanes of at least 4 members (excludes halogenated alkanes) is 1. The number of anilines is 1. The zero-order chi connectivity index (χ0) is 28.6. The molecule has 39 heavy (non-hydrogen) atoms. The average Bonchev–Trinajstić information content (AvgIpc) is 2.92. The Morgan fingerprint density at radius 3 is 2.31 bits per heavy atom. The van der Waals surface area contributed by atoms with Crippen molar-refractivity contribution in [3.8, 4) is 0 Å². The third-order valence-corrected chi connectivity index (χ3v) is 8.68. The Bertz CT molecular complexity index is 1400. The number of hydrogen-bond donors (Lipinski definition) is 1. The highest BCUT2D eigenvalue weighted by atomic mass is 35.5. The first kappa shape index (κ1) is 30.2. The lowest BCUT2D eigenvalue weighted by Gasteiger charge is -2.32. The topological polar surface area (TPSA) is 86.8 Å². The second kappa shape index (κ2) is 13.6. The molecule has 0 unspecified atom stereocenters. The molecule has 0 aliphatic carbocycles. The third-order valence-electron chi connectivity index (χ3n) is 6.54. The van der Waals surface area contributed by atoms with E-state index >= 15 is 0 Å². The van der Waals surface area contributed by atoms with Gasteiger partial charge >= 0.3 is 0 Å². The van der Waals surface area contributed by atoms with Crippen molar-refractivity contribution in [1.29, 1.82) is 0 Å². The SMILES string of the molecule is CCCCNC(=O)[C@H](C)N(Cc1ccccc1Cl)C(=O)CN(c1cc(C)ccc1C)S(=O)(=O)c1ccccc1. The van der Waals surface area contributed by atoms with Crippen LogP contribution in [0.2, 0.25) is 5.02 Å². The van der Waals surface area contributed by atoms with Gasteiger partial charge in [0.25, 0.3) is 10.0 Å². The van der Waals surface area contributed by atoms with Crippen LogP contribution in [-0.4, -0.2) is 44.3 Å². The number of nitrogens with zero attached hydrogens (tertiary/aromatic N) is 2. The Balaban J connectivity index is 2.04. The van der Waals surface area contributed by atoms with Crippen LogP contribution in [0.3, 0.4) is 0 Å². The first-order valence-electron chi connectivity index (χ1n) is 13.0. The fourth-order valence-corrected chi connectivity index (χ4v) is 5.84. The number of amides is 2. The summed E-state index contributed by atoms with van der Waals surface area (Å²) in [5.41, 5.74) is 2.62. The van der Waals surface area contributed by atoms with E-state index in [1.165, 1.54) is 17.0 Å². The molecule has 3 aromatic carbocycles. The number of halogens is 1. The number of carbonyl (C=O) groups excluding carboxylic acids is 2.